The summed E-state index contributed by atoms with van der Waals surface area (Å²) in [5.74, 6) is 1.33. The van der Waals surface area contributed by atoms with E-state index in [0.717, 1.165) is 24.5 Å². The number of carbonyl (C=O) groups excluding carboxylic acids is 1. The number of benzene rings is 1. The lowest BCUT2D eigenvalue weighted by Gasteiger charge is -2.33. The molecular formula is C17H21N5O3. The molecule has 0 radical (unpaired) electrons. The van der Waals surface area contributed by atoms with E-state index in [0.29, 0.717) is 36.9 Å². The molecule has 1 N–H and O–H groups in total. The van der Waals surface area contributed by atoms with Crippen LogP contribution in [0.1, 0.15) is 23.1 Å². The van der Waals surface area contributed by atoms with Gasteiger partial charge in [-0.2, -0.15) is 0 Å². The first-order valence-corrected chi connectivity index (χ1v) is 8.49. The summed E-state index contributed by atoms with van der Waals surface area (Å²) in [5.41, 5.74) is 1.90. The Labute approximate surface area is 145 Å². The van der Waals surface area contributed by atoms with Gasteiger partial charge in [-0.1, -0.05) is 5.21 Å². The third-order valence-electron chi connectivity index (χ3n) is 4.63. The fourth-order valence-electron chi connectivity index (χ4n) is 3.21. The number of hydrogen-bond donors (Lipinski definition) is 1. The van der Waals surface area contributed by atoms with Gasteiger partial charge >= 0.3 is 0 Å². The van der Waals surface area contributed by atoms with Crippen LogP contribution in [0.5, 0.6) is 11.5 Å². The van der Waals surface area contributed by atoms with Crippen LogP contribution in [-0.2, 0) is 0 Å². The Morgan fingerprint density at radius 1 is 1.28 bits per heavy atom. The van der Waals surface area contributed by atoms with Crippen LogP contribution in [0.15, 0.2) is 18.2 Å². The topological polar surface area (TPSA) is 81.5 Å². The van der Waals surface area contributed by atoms with Crippen molar-refractivity contribution in [3.05, 3.63) is 29.6 Å². The van der Waals surface area contributed by atoms with E-state index in [1.165, 1.54) is 0 Å². The molecule has 1 amide bonds. The second-order valence-electron chi connectivity index (χ2n) is 6.31. The van der Waals surface area contributed by atoms with Crippen LogP contribution >= 0.6 is 0 Å². The lowest BCUT2D eigenvalue weighted by atomic mass is 10.2. The summed E-state index contributed by atoms with van der Waals surface area (Å²) >= 11 is 0. The van der Waals surface area contributed by atoms with Crippen molar-refractivity contribution in [2.45, 2.75) is 19.9 Å². The second-order valence-corrected chi connectivity index (χ2v) is 6.31. The number of aromatic nitrogens is 3. The lowest BCUT2D eigenvalue weighted by Crippen LogP contribution is -2.52. The monoisotopic (exact) mass is 343 g/mol. The van der Waals surface area contributed by atoms with E-state index < -0.39 is 0 Å². The molecule has 0 spiro atoms. The van der Waals surface area contributed by atoms with Gasteiger partial charge in [-0.15, -0.1) is 5.10 Å². The normalized spacial score (nSPS) is 19.8. The molecule has 2 aliphatic rings. The number of ether oxygens (including phenoxy) is 2. The molecule has 1 aromatic heterocycles. The maximum Gasteiger partial charge on any atom is 0.276 e. The highest BCUT2D eigenvalue weighted by atomic mass is 16.6. The van der Waals surface area contributed by atoms with Crippen molar-refractivity contribution >= 4 is 5.91 Å². The molecule has 8 nitrogen and oxygen atoms in total. The van der Waals surface area contributed by atoms with Crippen LogP contribution in [0.4, 0.5) is 0 Å². The fourth-order valence-corrected chi connectivity index (χ4v) is 3.21. The maximum atomic E-state index is 12.8. The maximum absolute atomic E-state index is 12.8. The van der Waals surface area contributed by atoms with Gasteiger partial charge in [0.1, 0.15) is 13.2 Å². The van der Waals surface area contributed by atoms with Crippen molar-refractivity contribution in [3.8, 4) is 17.2 Å². The summed E-state index contributed by atoms with van der Waals surface area (Å²) in [7, 11) is 0. The Kier molecular flexibility index (Phi) is 4.04. The number of nitrogens with zero attached hydrogens (tertiary/aromatic N) is 4. The molecule has 1 saturated heterocycles. The van der Waals surface area contributed by atoms with Crippen molar-refractivity contribution < 1.29 is 14.3 Å². The molecule has 0 saturated carbocycles. The number of fused-ring (bicyclic) bond motifs is 1. The standard InChI is InChI=1S/C17H21N5O3/c1-11-10-18-5-6-21(11)17(23)16-12(2)22(20-19-16)13-3-4-14-15(9-13)25-8-7-24-14/h3-4,9,11,18H,5-8,10H2,1-2H3/t11-/m1/s1. The summed E-state index contributed by atoms with van der Waals surface area (Å²) in [6, 6.07) is 5.74. The highest BCUT2D eigenvalue weighted by molar-refractivity contribution is 5.93. The first kappa shape index (κ1) is 15.9. The van der Waals surface area contributed by atoms with E-state index in [4.69, 9.17) is 9.47 Å². The van der Waals surface area contributed by atoms with Crippen molar-refractivity contribution in [1.82, 2.24) is 25.2 Å². The summed E-state index contributed by atoms with van der Waals surface area (Å²) in [6.07, 6.45) is 0. The van der Waals surface area contributed by atoms with E-state index in [1.54, 1.807) is 4.68 Å². The largest absolute Gasteiger partial charge is 0.486 e. The molecule has 1 atom stereocenters. The smallest absolute Gasteiger partial charge is 0.276 e. The molecular weight excluding hydrogens is 322 g/mol. The zero-order chi connectivity index (χ0) is 17.4. The number of nitrogens with one attached hydrogen (secondary N) is 1. The molecule has 0 aliphatic carbocycles. The van der Waals surface area contributed by atoms with Gasteiger partial charge in [-0.05, 0) is 26.0 Å². The van der Waals surface area contributed by atoms with Crippen LogP contribution < -0.4 is 14.8 Å². The second kappa shape index (κ2) is 6.36. The minimum atomic E-state index is -0.0738. The number of carbonyl (C=O) groups is 1. The average molecular weight is 343 g/mol. The number of amides is 1. The van der Waals surface area contributed by atoms with Crippen LogP contribution in [0.2, 0.25) is 0 Å². The zero-order valence-corrected chi connectivity index (χ0v) is 14.4. The molecule has 3 heterocycles. The third kappa shape index (κ3) is 2.82. The molecule has 1 fully saturated rings. The summed E-state index contributed by atoms with van der Waals surface area (Å²) in [4.78, 5) is 14.7. The number of rotatable bonds is 2. The zero-order valence-electron chi connectivity index (χ0n) is 14.4. The Bertz CT molecular complexity index is 804. The minimum absolute atomic E-state index is 0.0738. The first-order chi connectivity index (χ1) is 12.1. The lowest BCUT2D eigenvalue weighted by molar-refractivity contribution is 0.0649. The number of hydrogen-bond acceptors (Lipinski definition) is 6. The summed E-state index contributed by atoms with van der Waals surface area (Å²) < 4.78 is 12.8. The van der Waals surface area contributed by atoms with Gasteiger partial charge < -0.3 is 19.7 Å². The molecule has 1 aromatic carbocycles. The highest BCUT2D eigenvalue weighted by Crippen LogP contribution is 2.32. The van der Waals surface area contributed by atoms with Crippen LogP contribution in [0, 0.1) is 6.92 Å². The van der Waals surface area contributed by atoms with E-state index in [2.05, 4.69) is 15.6 Å². The molecule has 25 heavy (non-hydrogen) atoms. The molecule has 2 aliphatic heterocycles. The fraction of sp³-hybridized carbons (Fsp3) is 0.471. The van der Waals surface area contributed by atoms with Crippen LogP contribution in [-0.4, -0.2) is 64.7 Å². The first-order valence-electron chi connectivity index (χ1n) is 8.49. The Balaban J connectivity index is 1.64. The Morgan fingerprint density at radius 2 is 2.08 bits per heavy atom. The van der Waals surface area contributed by atoms with E-state index >= 15 is 0 Å². The molecule has 0 bridgehead atoms. The molecule has 2 aromatic rings. The third-order valence-corrected chi connectivity index (χ3v) is 4.63. The van der Waals surface area contributed by atoms with Gasteiger partial charge in [-0.25, -0.2) is 4.68 Å². The average Bonchev–Trinajstić information content (AvgIpc) is 3.02. The minimum Gasteiger partial charge on any atom is -0.486 e. The van der Waals surface area contributed by atoms with Crippen molar-refractivity contribution in [2.24, 2.45) is 0 Å². The van der Waals surface area contributed by atoms with E-state index in [-0.39, 0.29) is 11.9 Å². The Hall–Kier alpha value is -2.61. The molecule has 8 heteroatoms. The SMILES string of the molecule is Cc1c(C(=O)N2CCNC[C@H]2C)nnn1-c1ccc2c(c1)OCCO2. The van der Waals surface area contributed by atoms with Crippen molar-refractivity contribution in [1.29, 1.82) is 0 Å². The van der Waals surface area contributed by atoms with Crippen LogP contribution in [0.25, 0.3) is 5.69 Å². The quantitative estimate of drug-likeness (QED) is 0.868. The van der Waals surface area contributed by atoms with Gasteiger partial charge in [0.05, 0.1) is 11.4 Å². The molecule has 132 valence electrons. The van der Waals surface area contributed by atoms with E-state index in [1.807, 2.05) is 36.9 Å². The van der Waals surface area contributed by atoms with Gasteiger partial charge in [0, 0.05) is 31.7 Å². The number of piperazine rings is 1. The van der Waals surface area contributed by atoms with Crippen molar-refractivity contribution in [3.63, 3.8) is 0 Å². The Morgan fingerprint density at radius 3 is 2.88 bits per heavy atom. The van der Waals surface area contributed by atoms with Crippen LogP contribution in [0.3, 0.4) is 0 Å². The predicted octanol–water partition coefficient (Wildman–Crippen LogP) is 0.781. The van der Waals surface area contributed by atoms with Gasteiger partial charge in [0.2, 0.25) is 0 Å². The predicted molar refractivity (Wildman–Crippen MR) is 90.5 cm³/mol. The van der Waals surface area contributed by atoms with Gasteiger partial charge in [0.25, 0.3) is 5.91 Å². The summed E-state index contributed by atoms with van der Waals surface area (Å²) in [6.45, 7) is 7.23. The molecule has 0 unspecified atom stereocenters. The van der Waals surface area contributed by atoms with Gasteiger partial charge in [0.15, 0.2) is 17.2 Å². The van der Waals surface area contributed by atoms with Gasteiger partial charge in [-0.3, -0.25) is 4.79 Å². The van der Waals surface area contributed by atoms with Crippen molar-refractivity contribution in [2.75, 3.05) is 32.8 Å². The highest BCUT2D eigenvalue weighted by Gasteiger charge is 2.28. The van der Waals surface area contributed by atoms with E-state index in [9.17, 15) is 4.79 Å². The summed E-state index contributed by atoms with van der Waals surface area (Å²) in [5, 5.41) is 11.6. The molecule has 4 rings (SSSR count).